The number of thiazole rings is 1. The molecule has 0 N–H and O–H groups in total. The topological polar surface area (TPSA) is 13.1 Å². The number of benzene rings is 2. The molecule has 3 aromatic rings. The van der Waals surface area contributed by atoms with Gasteiger partial charge in [-0.2, -0.15) is 4.57 Å². The summed E-state index contributed by atoms with van der Waals surface area (Å²) in [7, 11) is 0. The van der Waals surface area contributed by atoms with Crippen molar-refractivity contribution in [3.63, 3.8) is 0 Å². The summed E-state index contributed by atoms with van der Waals surface area (Å²) in [6.07, 6.45) is 22.4. The van der Waals surface area contributed by atoms with E-state index in [9.17, 15) is 16.9 Å². The number of ether oxygens (including phenoxy) is 1. The number of hydrogen-bond acceptors (Lipinski definition) is 2. The van der Waals surface area contributed by atoms with Crippen molar-refractivity contribution < 1.29 is 26.2 Å². The number of nitrogens with zero attached hydrogens (tertiary/aromatic N) is 1. The first kappa shape index (κ1) is 36.7. The van der Waals surface area contributed by atoms with Crippen molar-refractivity contribution in [1.82, 2.24) is 0 Å². The minimum absolute atomic E-state index is 0.835. The van der Waals surface area contributed by atoms with Gasteiger partial charge in [-0.3, -0.25) is 0 Å². The minimum atomic E-state index is -11.2. The molecule has 0 amide bonds. The van der Waals surface area contributed by atoms with Crippen molar-refractivity contribution in [2.75, 3.05) is 6.61 Å². The Bertz CT molecular complexity index is 1120. The van der Waals surface area contributed by atoms with E-state index in [2.05, 4.69) is 65.5 Å². The van der Waals surface area contributed by atoms with E-state index in [0.717, 1.165) is 25.3 Å². The van der Waals surface area contributed by atoms with Crippen LogP contribution in [0.5, 0.6) is 5.75 Å². The second kappa shape index (κ2) is 17.7. The number of hydrogen-bond donors (Lipinski definition) is 0. The third kappa shape index (κ3) is 20.4. The van der Waals surface area contributed by atoms with Gasteiger partial charge >= 0.3 is 36.4 Å². The summed E-state index contributed by atoms with van der Waals surface area (Å²) in [5.41, 5.74) is 4.83. The molecule has 240 valence electrons. The molecule has 0 radical (unpaired) electrons. The van der Waals surface area contributed by atoms with Gasteiger partial charge in [0.15, 0.2) is 6.54 Å². The van der Waals surface area contributed by atoms with E-state index in [1.54, 1.807) is 11.3 Å². The Labute approximate surface area is 254 Å². The molecule has 0 saturated heterocycles. The van der Waals surface area contributed by atoms with E-state index in [0.29, 0.717) is 0 Å². The summed E-state index contributed by atoms with van der Waals surface area (Å²) >= 11 is -9.45. The van der Waals surface area contributed by atoms with Crippen molar-refractivity contribution in [3.05, 3.63) is 59.6 Å². The van der Waals surface area contributed by atoms with Crippen LogP contribution in [-0.4, -0.2) is 26.1 Å². The Morgan fingerprint density at radius 3 is 1.57 bits per heavy atom. The number of rotatable bonds is 20. The Morgan fingerprint density at radius 1 is 0.619 bits per heavy atom. The van der Waals surface area contributed by atoms with Gasteiger partial charge in [0.1, 0.15) is 10.4 Å². The van der Waals surface area contributed by atoms with Gasteiger partial charge in [0.2, 0.25) is 11.0 Å². The number of para-hydroxylation sites is 1. The van der Waals surface area contributed by atoms with Crippen LogP contribution in [0.25, 0.3) is 10.2 Å². The summed E-state index contributed by atoms with van der Waals surface area (Å²) in [5.74, 6) is 0.995. The summed E-state index contributed by atoms with van der Waals surface area (Å²) < 4.78 is 69.2. The van der Waals surface area contributed by atoms with Crippen LogP contribution < -0.4 is 9.30 Å². The molecule has 0 aliphatic heterocycles. The van der Waals surface area contributed by atoms with Gasteiger partial charge in [0.05, 0.1) is 6.61 Å². The number of halogens is 6. The molecule has 0 unspecified atom stereocenters. The van der Waals surface area contributed by atoms with Crippen LogP contribution in [0, 0.1) is 0 Å². The van der Waals surface area contributed by atoms with Crippen LogP contribution in [0.1, 0.15) is 115 Å². The van der Waals surface area contributed by atoms with Crippen molar-refractivity contribution in [2.24, 2.45) is 0 Å². The Hall–Kier alpha value is -1.47. The zero-order valence-electron chi connectivity index (χ0n) is 24.9. The molecule has 1 aromatic heterocycles. The maximum atomic E-state index is 9.93. The normalized spacial score (nSPS) is 13.3. The van der Waals surface area contributed by atoms with Crippen LogP contribution >= 0.6 is 11.3 Å². The molecular weight excluding hydrogens is 682 g/mol. The zero-order valence-corrected chi connectivity index (χ0v) is 28.3. The van der Waals surface area contributed by atoms with Crippen molar-refractivity contribution in [3.8, 4) is 5.75 Å². The molecule has 0 bridgehead atoms. The first-order valence-electron chi connectivity index (χ1n) is 15.5. The van der Waals surface area contributed by atoms with Crippen LogP contribution in [0.2, 0.25) is 0 Å². The summed E-state index contributed by atoms with van der Waals surface area (Å²) in [6.45, 7) is 4.04. The van der Waals surface area contributed by atoms with Crippen LogP contribution in [-0.2, 0) is 6.54 Å². The molecule has 10 heteroatoms. The first-order chi connectivity index (χ1) is 19.8. The molecule has 0 atom stereocenters. The van der Waals surface area contributed by atoms with E-state index < -0.39 is 19.5 Å². The fraction of sp³-hybridized carbons (Fsp3) is 0.594. The fourth-order valence-corrected chi connectivity index (χ4v) is 5.71. The molecule has 0 fully saturated rings. The molecule has 3 rings (SSSR count). The molecule has 0 aliphatic rings. The number of unbranched alkanes of at least 4 members (excludes halogenated alkanes) is 15. The zero-order chi connectivity index (χ0) is 30.8. The summed E-state index contributed by atoms with van der Waals surface area (Å²) in [5, 5.41) is 0. The molecule has 2 aromatic carbocycles. The Morgan fingerprint density at radius 2 is 1.07 bits per heavy atom. The predicted octanol–water partition coefficient (Wildman–Crippen LogP) is 12.0. The third-order valence-corrected chi connectivity index (χ3v) is 7.98. The standard InChI is InChI=1S/C32H48NOS.6FH.Sb/c1-2-3-4-5-6-7-8-9-10-11-12-13-14-15-16-19-26-34-30-24-22-29(23-25-30)27-33-28-35-32-21-18-17-20-31(32)33;;;;;;;/h17-18,20-25,28H,2-16,19,26-27H2,1H3;6*1H;/q+1;;;;;;;+5/p-6. The van der Waals surface area contributed by atoms with Gasteiger partial charge in [0.25, 0.3) is 0 Å². The molecule has 2 nitrogen and oxygen atoms in total. The fourth-order valence-electron chi connectivity index (χ4n) is 4.82. The second-order valence-electron chi connectivity index (χ2n) is 11.1. The predicted molar refractivity (Wildman–Crippen MR) is 165 cm³/mol. The third-order valence-electron chi connectivity index (χ3n) is 7.02. The van der Waals surface area contributed by atoms with E-state index in [4.69, 9.17) is 4.74 Å². The van der Waals surface area contributed by atoms with Crippen molar-refractivity contribution in [1.29, 1.82) is 0 Å². The molecule has 0 saturated carbocycles. The van der Waals surface area contributed by atoms with Crippen molar-refractivity contribution in [2.45, 2.75) is 116 Å². The SMILES string of the molecule is CCCCCCCCCCCCCCCCCCOc1ccc(C[n+]2csc3ccccc32)cc1.[F][Sb-]([F])([F])([F])([F])[F]. The number of aromatic nitrogens is 1. The average Bonchev–Trinajstić information content (AvgIpc) is 3.32. The van der Waals surface area contributed by atoms with Crippen LogP contribution in [0.3, 0.4) is 0 Å². The summed E-state index contributed by atoms with van der Waals surface area (Å²) in [6, 6.07) is 17.2. The average molecular weight is 731 g/mol. The Balaban J connectivity index is 0.000000782. The first-order valence-corrected chi connectivity index (χ1v) is 22.1. The monoisotopic (exact) mass is 729 g/mol. The van der Waals surface area contributed by atoms with Gasteiger partial charge in [-0.25, -0.2) is 0 Å². The Kier molecular flexibility index (Phi) is 15.5. The molecule has 0 spiro atoms. The molecule has 1 heterocycles. The van der Waals surface area contributed by atoms with Gasteiger partial charge in [-0.15, -0.1) is 0 Å². The quantitative estimate of drug-likeness (QED) is 0.0488. The van der Waals surface area contributed by atoms with E-state index >= 15 is 0 Å². The number of fused-ring (bicyclic) bond motifs is 1. The van der Waals surface area contributed by atoms with Gasteiger partial charge in [0, 0.05) is 11.6 Å². The molecular formula is C32H48F6NOSSb. The molecule has 0 aliphatic carbocycles. The van der Waals surface area contributed by atoms with E-state index in [-0.39, 0.29) is 0 Å². The molecule has 42 heavy (non-hydrogen) atoms. The van der Waals surface area contributed by atoms with E-state index in [1.807, 2.05) is 0 Å². The van der Waals surface area contributed by atoms with Gasteiger partial charge in [-0.1, -0.05) is 127 Å². The van der Waals surface area contributed by atoms with E-state index in [1.165, 1.54) is 112 Å². The maximum absolute atomic E-state index is 11.2. The van der Waals surface area contributed by atoms with Gasteiger partial charge in [-0.05, 0) is 36.8 Å². The summed E-state index contributed by atoms with van der Waals surface area (Å²) in [4.78, 5) is 0. The van der Waals surface area contributed by atoms with Crippen molar-refractivity contribution >= 4 is 41.0 Å². The second-order valence-corrected chi connectivity index (χ2v) is 17.4. The van der Waals surface area contributed by atoms with Crippen LogP contribution in [0.15, 0.2) is 54.0 Å². The van der Waals surface area contributed by atoms with Gasteiger partial charge < -0.3 is 4.74 Å². The van der Waals surface area contributed by atoms with Crippen LogP contribution in [0.4, 0.5) is 16.9 Å².